The third-order valence-corrected chi connectivity index (χ3v) is 3.42. The monoisotopic (exact) mass is 275 g/mol. The van der Waals surface area contributed by atoms with E-state index in [1.54, 1.807) is 4.90 Å². The molecule has 0 N–H and O–H groups in total. The van der Waals surface area contributed by atoms with E-state index in [1.807, 2.05) is 44.2 Å². The first-order valence-electron chi connectivity index (χ1n) is 7.08. The van der Waals surface area contributed by atoms with Crippen molar-refractivity contribution in [1.82, 2.24) is 4.90 Å². The number of rotatable bonds is 4. The number of benzene rings is 1. The first-order valence-corrected chi connectivity index (χ1v) is 7.08. The quantitative estimate of drug-likeness (QED) is 0.790. The van der Waals surface area contributed by atoms with Crippen LogP contribution in [-0.2, 0) is 20.7 Å². The molecule has 2 rings (SSSR count). The first-order chi connectivity index (χ1) is 9.56. The Balaban J connectivity index is 1.86. The number of amides is 1. The molecule has 1 aromatic carbocycles. The van der Waals surface area contributed by atoms with Gasteiger partial charge in [-0.15, -0.1) is 0 Å². The van der Waals surface area contributed by atoms with Crippen LogP contribution in [0.15, 0.2) is 30.3 Å². The number of ether oxygens (including phenoxy) is 1. The molecule has 1 aliphatic heterocycles. The van der Waals surface area contributed by atoms with Crippen molar-refractivity contribution in [2.75, 3.05) is 13.1 Å². The highest BCUT2D eigenvalue weighted by molar-refractivity contribution is 5.81. The summed E-state index contributed by atoms with van der Waals surface area (Å²) in [4.78, 5) is 25.8. The maximum atomic E-state index is 12.2. The summed E-state index contributed by atoms with van der Waals surface area (Å²) in [6.07, 6.45) is 0.996. The molecule has 0 aromatic heterocycles. The summed E-state index contributed by atoms with van der Waals surface area (Å²) in [6.45, 7) is 4.80. The average molecular weight is 275 g/mol. The number of hydrogen-bond donors (Lipinski definition) is 0. The Morgan fingerprint density at radius 2 is 2.00 bits per heavy atom. The van der Waals surface area contributed by atoms with E-state index in [9.17, 15) is 9.59 Å². The van der Waals surface area contributed by atoms with Crippen LogP contribution in [0.3, 0.4) is 0 Å². The Kier molecular flexibility index (Phi) is 4.77. The number of hydrogen-bond acceptors (Lipinski definition) is 3. The smallest absolute Gasteiger partial charge is 0.311 e. The van der Waals surface area contributed by atoms with Gasteiger partial charge in [-0.1, -0.05) is 30.3 Å². The molecule has 0 bridgehead atoms. The highest BCUT2D eigenvalue weighted by atomic mass is 16.5. The second-order valence-corrected chi connectivity index (χ2v) is 5.47. The predicted molar refractivity (Wildman–Crippen MR) is 76.1 cm³/mol. The molecule has 1 fully saturated rings. The molecule has 20 heavy (non-hydrogen) atoms. The van der Waals surface area contributed by atoms with Gasteiger partial charge in [-0.3, -0.25) is 9.59 Å². The summed E-state index contributed by atoms with van der Waals surface area (Å²) in [7, 11) is 0. The number of esters is 1. The van der Waals surface area contributed by atoms with Crippen LogP contribution in [0.2, 0.25) is 0 Å². The molecule has 1 aromatic rings. The standard InChI is InChI=1S/C16H21NO3/c1-12(2)20-16(19)14-8-9-17(11-14)15(18)10-13-6-4-3-5-7-13/h3-7,12,14H,8-11H2,1-2H3. The Morgan fingerprint density at radius 1 is 1.30 bits per heavy atom. The summed E-state index contributed by atoms with van der Waals surface area (Å²) in [5, 5.41) is 0. The molecule has 1 atom stereocenters. The van der Waals surface area contributed by atoms with Crippen molar-refractivity contribution in [2.24, 2.45) is 5.92 Å². The zero-order chi connectivity index (χ0) is 14.5. The van der Waals surface area contributed by atoms with Gasteiger partial charge in [0.15, 0.2) is 0 Å². The number of carbonyl (C=O) groups is 2. The average Bonchev–Trinajstić information content (AvgIpc) is 2.89. The van der Waals surface area contributed by atoms with Crippen LogP contribution >= 0.6 is 0 Å². The van der Waals surface area contributed by atoms with Crippen LogP contribution in [0.4, 0.5) is 0 Å². The van der Waals surface area contributed by atoms with E-state index in [0.29, 0.717) is 25.9 Å². The molecule has 1 saturated heterocycles. The highest BCUT2D eigenvalue weighted by Gasteiger charge is 2.32. The van der Waals surface area contributed by atoms with Gasteiger partial charge in [0.2, 0.25) is 5.91 Å². The minimum atomic E-state index is -0.185. The van der Waals surface area contributed by atoms with Crippen LogP contribution in [-0.4, -0.2) is 36.0 Å². The van der Waals surface area contributed by atoms with Gasteiger partial charge < -0.3 is 9.64 Å². The lowest BCUT2D eigenvalue weighted by atomic mass is 10.1. The van der Waals surface area contributed by atoms with E-state index < -0.39 is 0 Å². The third kappa shape index (κ3) is 3.83. The van der Waals surface area contributed by atoms with E-state index in [0.717, 1.165) is 5.56 Å². The number of carbonyl (C=O) groups excluding carboxylic acids is 2. The normalized spacial score (nSPS) is 18.4. The lowest BCUT2D eigenvalue weighted by Gasteiger charge is -2.17. The molecule has 1 amide bonds. The highest BCUT2D eigenvalue weighted by Crippen LogP contribution is 2.19. The molecule has 0 radical (unpaired) electrons. The molecule has 4 nitrogen and oxygen atoms in total. The molecule has 0 aliphatic carbocycles. The Bertz CT molecular complexity index is 470. The van der Waals surface area contributed by atoms with E-state index in [2.05, 4.69) is 0 Å². The minimum Gasteiger partial charge on any atom is -0.463 e. The molecule has 1 aliphatic rings. The van der Waals surface area contributed by atoms with Gasteiger partial charge in [0.25, 0.3) is 0 Å². The molecule has 1 heterocycles. The predicted octanol–water partition coefficient (Wildman–Crippen LogP) is 2.03. The fourth-order valence-corrected chi connectivity index (χ4v) is 2.39. The molecular weight excluding hydrogens is 254 g/mol. The molecule has 0 spiro atoms. The van der Waals surface area contributed by atoms with Gasteiger partial charge in [0.05, 0.1) is 18.4 Å². The Morgan fingerprint density at radius 3 is 2.65 bits per heavy atom. The summed E-state index contributed by atoms with van der Waals surface area (Å²) >= 11 is 0. The summed E-state index contributed by atoms with van der Waals surface area (Å²) in [5.41, 5.74) is 1.01. The topological polar surface area (TPSA) is 46.6 Å². The lowest BCUT2D eigenvalue weighted by molar-refractivity contribution is -0.151. The summed E-state index contributed by atoms with van der Waals surface area (Å²) in [6, 6.07) is 9.67. The zero-order valence-electron chi connectivity index (χ0n) is 12.0. The second-order valence-electron chi connectivity index (χ2n) is 5.47. The minimum absolute atomic E-state index is 0.0797. The van der Waals surface area contributed by atoms with Crippen LogP contribution in [0.1, 0.15) is 25.8 Å². The number of likely N-dealkylation sites (tertiary alicyclic amines) is 1. The van der Waals surface area contributed by atoms with Crippen molar-refractivity contribution in [3.8, 4) is 0 Å². The van der Waals surface area contributed by atoms with Gasteiger partial charge in [-0.25, -0.2) is 0 Å². The van der Waals surface area contributed by atoms with Crippen LogP contribution < -0.4 is 0 Å². The van der Waals surface area contributed by atoms with Crippen molar-refractivity contribution in [3.05, 3.63) is 35.9 Å². The van der Waals surface area contributed by atoms with Crippen molar-refractivity contribution >= 4 is 11.9 Å². The Hall–Kier alpha value is -1.84. The van der Waals surface area contributed by atoms with E-state index >= 15 is 0 Å². The van der Waals surface area contributed by atoms with Crippen LogP contribution in [0.25, 0.3) is 0 Å². The maximum absolute atomic E-state index is 12.2. The Labute approximate surface area is 119 Å². The fourth-order valence-electron chi connectivity index (χ4n) is 2.39. The second kappa shape index (κ2) is 6.55. The van der Waals surface area contributed by atoms with Gasteiger partial charge >= 0.3 is 5.97 Å². The molecule has 1 unspecified atom stereocenters. The lowest BCUT2D eigenvalue weighted by Crippen LogP contribution is -2.32. The van der Waals surface area contributed by atoms with Crippen LogP contribution in [0.5, 0.6) is 0 Å². The fraction of sp³-hybridized carbons (Fsp3) is 0.500. The van der Waals surface area contributed by atoms with E-state index in [4.69, 9.17) is 4.74 Å². The SMILES string of the molecule is CC(C)OC(=O)C1CCN(C(=O)Cc2ccccc2)C1. The van der Waals surface area contributed by atoms with E-state index in [-0.39, 0.29) is 23.9 Å². The molecule has 108 valence electrons. The van der Waals surface area contributed by atoms with Gasteiger partial charge in [-0.2, -0.15) is 0 Å². The summed E-state index contributed by atoms with van der Waals surface area (Å²) in [5.74, 6) is -0.275. The van der Waals surface area contributed by atoms with E-state index in [1.165, 1.54) is 0 Å². The summed E-state index contributed by atoms with van der Waals surface area (Å²) < 4.78 is 5.20. The van der Waals surface area contributed by atoms with Gasteiger partial charge in [-0.05, 0) is 25.8 Å². The van der Waals surface area contributed by atoms with Crippen molar-refractivity contribution in [3.63, 3.8) is 0 Å². The van der Waals surface area contributed by atoms with Gasteiger partial charge in [0, 0.05) is 13.1 Å². The first kappa shape index (κ1) is 14.6. The van der Waals surface area contributed by atoms with Crippen LogP contribution in [0, 0.1) is 5.92 Å². The van der Waals surface area contributed by atoms with Crippen molar-refractivity contribution in [2.45, 2.75) is 32.8 Å². The molecular formula is C16H21NO3. The number of nitrogens with zero attached hydrogens (tertiary/aromatic N) is 1. The molecule has 0 saturated carbocycles. The maximum Gasteiger partial charge on any atom is 0.311 e. The zero-order valence-corrected chi connectivity index (χ0v) is 12.0. The van der Waals surface area contributed by atoms with Crippen molar-refractivity contribution in [1.29, 1.82) is 0 Å². The third-order valence-electron chi connectivity index (χ3n) is 3.42. The largest absolute Gasteiger partial charge is 0.463 e. The van der Waals surface area contributed by atoms with Crippen molar-refractivity contribution < 1.29 is 14.3 Å². The van der Waals surface area contributed by atoms with Gasteiger partial charge in [0.1, 0.15) is 0 Å². The molecule has 4 heteroatoms.